The molecule has 1 amide bonds. The Labute approximate surface area is 142 Å². The number of rotatable bonds is 5. The number of benzene rings is 1. The first kappa shape index (κ1) is 17.1. The van der Waals surface area contributed by atoms with E-state index < -0.39 is 18.5 Å². The van der Waals surface area contributed by atoms with Crippen LogP contribution in [-0.2, 0) is 14.3 Å². The van der Waals surface area contributed by atoms with Crippen LogP contribution >= 0.6 is 23.2 Å². The topological polar surface area (TPSA) is 81.4 Å². The van der Waals surface area contributed by atoms with Gasteiger partial charge in [0, 0.05) is 12.1 Å². The molecule has 0 aliphatic rings. The summed E-state index contributed by atoms with van der Waals surface area (Å²) in [4.78, 5) is 23.1. The summed E-state index contributed by atoms with van der Waals surface area (Å²) in [7, 11) is 0. The first-order valence-corrected chi connectivity index (χ1v) is 7.22. The van der Waals surface area contributed by atoms with Crippen molar-refractivity contribution in [3.8, 4) is 0 Å². The van der Waals surface area contributed by atoms with Crippen molar-refractivity contribution in [2.75, 3.05) is 11.9 Å². The molecule has 1 aromatic carbocycles. The maximum absolute atomic E-state index is 11.6. The molecule has 0 saturated carbocycles. The third kappa shape index (κ3) is 5.43. The number of carbonyl (C=O) groups excluding carboxylic acids is 2. The molecule has 0 aliphatic carbocycles. The highest BCUT2D eigenvalue weighted by Gasteiger charge is 2.08. The number of carbonyl (C=O) groups is 2. The molecule has 2 rings (SSSR count). The van der Waals surface area contributed by atoms with Crippen LogP contribution in [0.5, 0.6) is 0 Å². The minimum Gasteiger partial charge on any atom is -0.452 e. The molecule has 1 heterocycles. The molecule has 8 heteroatoms. The molecule has 1 N–H and O–H groups in total. The summed E-state index contributed by atoms with van der Waals surface area (Å²) >= 11 is 11.7. The standard InChI is InChI=1S/C15H12Cl2N2O4/c1-9-6-13(19-23-9)18-14(20)8-22-15(21)5-3-10-2-4-11(16)12(17)7-10/h2-7H,8H2,1H3,(H,18,19,20)/b5-3+. The van der Waals surface area contributed by atoms with Crippen molar-refractivity contribution in [2.45, 2.75) is 6.92 Å². The number of anilines is 1. The molecule has 1 aromatic heterocycles. The van der Waals surface area contributed by atoms with Gasteiger partial charge in [-0.1, -0.05) is 34.4 Å². The Balaban J connectivity index is 1.81. The molecule has 0 atom stereocenters. The third-order valence-electron chi connectivity index (χ3n) is 2.60. The van der Waals surface area contributed by atoms with Crippen molar-refractivity contribution in [1.29, 1.82) is 0 Å². The summed E-state index contributed by atoms with van der Waals surface area (Å²) in [5.74, 6) is -0.367. The molecule has 0 unspecified atom stereocenters. The number of nitrogens with zero attached hydrogens (tertiary/aromatic N) is 1. The predicted octanol–water partition coefficient (Wildman–Crippen LogP) is 3.48. The Morgan fingerprint density at radius 3 is 2.74 bits per heavy atom. The first-order chi connectivity index (χ1) is 10.9. The van der Waals surface area contributed by atoms with E-state index in [4.69, 9.17) is 32.5 Å². The van der Waals surface area contributed by atoms with Crippen molar-refractivity contribution in [3.05, 3.63) is 51.7 Å². The van der Waals surface area contributed by atoms with Crippen LogP contribution < -0.4 is 5.32 Å². The van der Waals surface area contributed by atoms with E-state index in [1.165, 1.54) is 12.2 Å². The van der Waals surface area contributed by atoms with Crippen molar-refractivity contribution >= 4 is 47.0 Å². The maximum atomic E-state index is 11.6. The van der Waals surface area contributed by atoms with Gasteiger partial charge in [-0.05, 0) is 30.7 Å². The molecule has 0 saturated heterocycles. The number of aromatic nitrogens is 1. The quantitative estimate of drug-likeness (QED) is 0.656. The predicted molar refractivity (Wildman–Crippen MR) is 86.3 cm³/mol. The van der Waals surface area contributed by atoms with E-state index in [9.17, 15) is 9.59 Å². The van der Waals surface area contributed by atoms with E-state index >= 15 is 0 Å². The Hall–Kier alpha value is -2.31. The van der Waals surface area contributed by atoms with Gasteiger partial charge in [0.25, 0.3) is 5.91 Å². The van der Waals surface area contributed by atoms with Crippen molar-refractivity contribution < 1.29 is 18.8 Å². The maximum Gasteiger partial charge on any atom is 0.331 e. The molecule has 23 heavy (non-hydrogen) atoms. The summed E-state index contributed by atoms with van der Waals surface area (Å²) in [6.45, 7) is 1.26. The van der Waals surface area contributed by atoms with E-state index in [0.717, 1.165) is 0 Å². The van der Waals surface area contributed by atoms with Crippen molar-refractivity contribution in [3.63, 3.8) is 0 Å². The zero-order chi connectivity index (χ0) is 16.8. The van der Waals surface area contributed by atoms with Gasteiger partial charge in [-0.2, -0.15) is 0 Å². The van der Waals surface area contributed by atoms with Gasteiger partial charge < -0.3 is 14.6 Å². The van der Waals surface area contributed by atoms with Crippen LogP contribution in [0.3, 0.4) is 0 Å². The SMILES string of the molecule is Cc1cc(NC(=O)COC(=O)/C=C/c2ccc(Cl)c(Cl)c2)no1. The number of esters is 1. The van der Waals surface area contributed by atoms with E-state index in [-0.39, 0.29) is 5.82 Å². The van der Waals surface area contributed by atoms with Gasteiger partial charge >= 0.3 is 5.97 Å². The van der Waals surface area contributed by atoms with E-state index in [2.05, 4.69) is 10.5 Å². The molecule has 0 fully saturated rings. The number of hydrogen-bond donors (Lipinski definition) is 1. The highest BCUT2D eigenvalue weighted by atomic mass is 35.5. The fourth-order valence-electron chi connectivity index (χ4n) is 1.57. The van der Waals surface area contributed by atoms with Gasteiger partial charge in [0.15, 0.2) is 12.4 Å². The number of halogens is 2. The molecule has 120 valence electrons. The highest BCUT2D eigenvalue weighted by Crippen LogP contribution is 2.23. The van der Waals surface area contributed by atoms with Gasteiger partial charge in [-0.25, -0.2) is 4.79 Å². The second kappa shape index (κ2) is 7.80. The zero-order valence-corrected chi connectivity index (χ0v) is 13.5. The van der Waals surface area contributed by atoms with Crippen LogP contribution in [0.1, 0.15) is 11.3 Å². The summed E-state index contributed by atoms with van der Waals surface area (Å²) in [5, 5.41) is 6.82. The van der Waals surface area contributed by atoms with Crippen LogP contribution in [-0.4, -0.2) is 23.6 Å². The van der Waals surface area contributed by atoms with E-state index in [1.54, 1.807) is 31.2 Å². The summed E-state index contributed by atoms with van der Waals surface area (Å²) in [6, 6.07) is 6.46. The van der Waals surface area contributed by atoms with Crippen LogP contribution in [0.15, 0.2) is 34.9 Å². The lowest BCUT2D eigenvalue weighted by Crippen LogP contribution is -2.20. The van der Waals surface area contributed by atoms with Crippen molar-refractivity contribution in [2.24, 2.45) is 0 Å². The molecule has 0 spiro atoms. The zero-order valence-electron chi connectivity index (χ0n) is 12.0. The largest absolute Gasteiger partial charge is 0.452 e. The van der Waals surface area contributed by atoms with E-state index in [0.29, 0.717) is 21.4 Å². The lowest BCUT2D eigenvalue weighted by Gasteiger charge is -2.02. The van der Waals surface area contributed by atoms with Crippen LogP contribution in [0, 0.1) is 6.92 Å². The Morgan fingerprint density at radius 2 is 2.09 bits per heavy atom. The van der Waals surface area contributed by atoms with Gasteiger partial charge in [-0.15, -0.1) is 0 Å². The third-order valence-corrected chi connectivity index (χ3v) is 3.34. The normalized spacial score (nSPS) is 10.7. The minimum atomic E-state index is -0.664. The van der Waals surface area contributed by atoms with Crippen LogP contribution in [0.25, 0.3) is 6.08 Å². The van der Waals surface area contributed by atoms with Gasteiger partial charge in [0.1, 0.15) is 5.76 Å². The van der Waals surface area contributed by atoms with Crippen LogP contribution in [0.2, 0.25) is 10.0 Å². The molecule has 0 bridgehead atoms. The average Bonchev–Trinajstić information content (AvgIpc) is 2.91. The number of amides is 1. The molecule has 6 nitrogen and oxygen atoms in total. The fourth-order valence-corrected chi connectivity index (χ4v) is 1.88. The second-order valence-corrected chi connectivity index (χ2v) is 5.30. The molecule has 2 aromatic rings. The molecule has 0 radical (unpaired) electrons. The number of hydrogen-bond acceptors (Lipinski definition) is 5. The summed E-state index contributed by atoms with van der Waals surface area (Å²) < 4.78 is 9.60. The van der Waals surface area contributed by atoms with Crippen molar-refractivity contribution in [1.82, 2.24) is 5.16 Å². The molecular formula is C15H12Cl2N2O4. The molecular weight excluding hydrogens is 343 g/mol. The number of ether oxygens (including phenoxy) is 1. The highest BCUT2D eigenvalue weighted by molar-refractivity contribution is 6.42. The average molecular weight is 355 g/mol. The van der Waals surface area contributed by atoms with Gasteiger partial charge in [0.2, 0.25) is 0 Å². The van der Waals surface area contributed by atoms with Crippen LogP contribution in [0.4, 0.5) is 5.82 Å². The summed E-state index contributed by atoms with van der Waals surface area (Å²) in [6.07, 6.45) is 2.69. The number of aryl methyl sites for hydroxylation is 1. The smallest absolute Gasteiger partial charge is 0.331 e. The number of nitrogens with one attached hydrogen (secondary N) is 1. The second-order valence-electron chi connectivity index (χ2n) is 4.49. The summed E-state index contributed by atoms with van der Waals surface area (Å²) in [5.41, 5.74) is 0.680. The van der Waals surface area contributed by atoms with E-state index in [1.807, 2.05) is 0 Å². The fraction of sp³-hybridized carbons (Fsp3) is 0.133. The Bertz CT molecular complexity index is 756. The van der Waals surface area contributed by atoms with Gasteiger partial charge in [-0.3, -0.25) is 4.79 Å². The monoisotopic (exact) mass is 354 g/mol. The van der Waals surface area contributed by atoms with Gasteiger partial charge in [0.05, 0.1) is 10.0 Å². The lowest BCUT2D eigenvalue weighted by atomic mass is 10.2. The Morgan fingerprint density at radius 1 is 1.30 bits per heavy atom. The Kier molecular flexibility index (Phi) is 5.78. The first-order valence-electron chi connectivity index (χ1n) is 6.47. The molecule has 0 aliphatic heterocycles. The minimum absolute atomic E-state index is 0.259. The lowest BCUT2D eigenvalue weighted by molar-refractivity contribution is -0.142.